The number of ether oxygens (including phenoxy) is 2. The zero-order valence-electron chi connectivity index (χ0n) is 9.97. The number of rotatable bonds is 5. The molecule has 0 aliphatic rings. The molecule has 6 heteroatoms. The Bertz CT molecular complexity index is 485. The van der Waals surface area contributed by atoms with Gasteiger partial charge >= 0.3 is 5.97 Å². The highest BCUT2D eigenvalue weighted by atomic mass is 35.5. The molecule has 0 aromatic carbocycles. The molecule has 18 heavy (non-hydrogen) atoms. The van der Waals surface area contributed by atoms with Crippen molar-refractivity contribution in [2.45, 2.75) is 0 Å². The Kier molecular flexibility index (Phi) is 5.48. The number of ketones is 1. The highest BCUT2D eigenvalue weighted by molar-refractivity contribution is 6.30. The van der Waals surface area contributed by atoms with Crippen LogP contribution in [-0.4, -0.2) is 37.6 Å². The number of halogens is 1. The van der Waals surface area contributed by atoms with Crippen LogP contribution in [0.1, 0.15) is 5.56 Å². The maximum Gasteiger partial charge on any atom is 0.341 e. The summed E-state index contributed by atoms with van der Waals surface area (Å²) in [5, 5.41) is 0.409. The van der Waals surface area contributed by atoms with Crippen LogP contribution in [-0.2, 0) is 19.1 Å². The van der Waals surface area contributed by atoms with E-state index in [0.29, 0.717) is 10.6 Å². The van der Waals surface area contributed by atoms with Crippen molar-refractivity contribution in [3.63, 3.8) is 0 Å². The molecule has 0 unspecified atom stereocenters. The zero-order chi connectivity index (χ0) is 13.5. The normalized spacial score (nSPS) is 11.2. The van der Waals surface area contributed by atoms with Gasteiger partial charge in [0.2, 0.25) is 0 Å². The number of esters is 1. The number of methoxy groups -OCH3 is 2. The maximum atomic E-state index is 11.7. The van der Waals surface area contributed by atoms with Gasteiger partial charge in [-0.25, -0.2) is 4.79 Å². The minimum atomic E-state index is -0.725. The summed E-state index contributed by atoms with van der Waals surface area (Å²) < 4.78 is 9.25. The Morgan fingerprint density at radius 2 is 2.11 bits per heavy atom. The summed E-state index contributed by atoms with van der Waals surface area (Å²) in [4.78, 5) is 27.0. The zero-order valence-corrected chi connectivity index (χ0v) is 10.7. The number of carbonyl (C=O) groups excluding carboxylic acids is 2. The molecule has 0 aliphatic carbocycles. The van der Waals surface area contributed by atoms with Crippen molar-refractivity contribution in [1.82, 2.24) is 4.98 Å². The lowest BCUT2D eigenvalue weighted by Crippen LogP contribution is -2.18. The van der Waals surface area contributed by atoms with Gasteiger partial charge in [0.15, 0.2) is 5.78 Å². The third-order valence-electron chi connectivity index (χ3n) is 2.02. The van der Waals surface area contributed by atoms with Crippen LogP contribution in [0.15, 0.2) is 24.0 Å². The van der Waals surface area contributed by atoms with Crippen LogP contribution in [0.4, 0.5) is 0 Å². The van der Waals surface area contributed by atoms with E-state index in [4.69, 9.17) is 16.3 Å². The van der Waals surface area contributed by atoms with Crippen molar-refractivity contribution in [3.05, 3.63) is 34.6 Å². The summed E-state index contributed by atoms with van der Waals surface area (Å²) in [5.74, 6) is -1.19. The summed E-state index contributed by atoms with van der Waals surface area (Å²) in [7, 11) is 2.57. The topological polar surface area (TPSA) is 65.5 Å². The van der Waals surface area contributed by atoms with Crippen LogP contribution in [0.25, 0.3) is 6.08 Å². The molecule has 0 N–H and O–H groups in total. The Labute approximate surface area is 109 Å². The van der Waals surface area contributed by atoms with Gasteiger partial charge in [0.1, 0.15) is 12.2 Å². The Hall–Kier alpha value is -1.72. The number of aromatic nitrogens is 1. The predicted octanol–water partition coefficient (Wildman–Crippen LogP) is 1.51. The fourth-order valence-electron chi connectivity index (χ4n) is 1.25. The average molecular weight is 270 g/mol. The molecule has 0 saturated heterocycles. The molecule has 5 nitrogen and oxygen atoms in total. The minimum absolute atomic E-state index is 0.108. The average Bonchev–Trinajstić information content (AvgIpc) is 2.35. The summed E-state index contributed by atoms with van der Waals surface area (Å²) in [6.45, 7) is -0.199. The molecule has 0 saturated carbocycles. The molecule has 1 rings (SSSR count). The Balaban J connectivity index is 3.10. The highest BCUT2D eigenvalue weighted by Crippen LogP contribution is 2.13. The maximum absolute atomic E-state index is 11.7. The number of hydrogen-bond donors (Lipinski definition) is 0. The van der Waals surface area contributed by atoms with E-state index in [1.165, 1.54) is 32.7 Å². The van der Waals surface area contributed by atoms with E-state index in [0.717, 1.165) is 0 Å². The molecule has 0 aliphatic heterocycles. The fourth-order valence-corrected chi connectivity index (χ4v) is 1.43. The van der Waals surface area contributed by atoms with Crippen LogP contribution in [0, 0.1) is 0 Å². The first-order valence-corrected chi connectivity index (χ1v) is 5.39. The van der Waals surface area contributed by atoms with Gasteiger partial charge in [-0.15, -0.1) is 0 Å². The molecule has 0 bridgehead atoms. The van der Waals surface area contributed by atoms with Gasteiger partial charge in [-0.3, -0.25) is 9.78 Å². The van der Waals surface area contributed by atoms with E-state index >= 15 is 0 Å². The molecule has 1 aromatic rings. The van der Waals surface area contributed by atoms with Crippen LogP contribution >= 0.6 is 11.6 Å². The third-order valence-corrected chi connectivity index (χ3v) is 2.22. The standard InChI is InChI=1S/C12H12ClNO4/c1-17-7-11(15)10(12(16)18-2)4-8-3-9(13)6-14-5-8/h3-6H,7H2,1-2H3/b10-4+. The molecular formula is C12H12ClNO4. The molecule has 1 aromatic heterocycles. The summed E-state index contributed by atoms with van der Waals surface area (Å²) in [6, 6.07) is 1.58. The van der Waals surface area contributed by atoms with Crippen molar-refractivity contribution < 1.29 is 19.1 Å². The van der Waals surface area contributed by atoms with E-state index in [-0.39, 0.29) is 12.2 Å². The third kappa shape index (κ3) is 3.94. The second-order valence-corrected chi connectivity index (χ2v) is 3.78. The van der Waals surface area contributed by atoms with Crippen molar-refractivity contribution in [3.8, 4) is 0 Å². The van der Waals surface area contributed by atoms with Crippen LogP contribution in [0.2, 0.25) is 5.02 Å². The first-order valence-electron chi connectivity index (χ1n) is 5.01. The van der Waals surface area contributed by atoms with E-state index in [9.17, 15) is 9.59 Å². The molecule has 0 atom stereocenters. The fraction of sp³-hybridized carbons (Fsp3) is 0.250. The van der Waals surface area contributed by atoms with Gasteiger partial charge in [0.05, 0.1) is 12.1 Å². The summed E-state index contributed by atoms with van der Waals surface area (Å²) >= 11 is 5.76. The van der Waals surface area contributed by atoms with Gasteiger partial charge in [-0.2, -0.15) is 0 Å². The summed E-state index contributed by atoms with van der Waals surface area (Å²) in [5.41, 5.74) is 0.427. The first kappa shape index (κ1) is 14.3. The van der Waals surface area contributed by atoms with Crippen molar-refractivity contribution in [2.75, 3.05) is 20.8 Å². The number of hydrogen-bond acceptors (Lipinski definition) is 5. The van der Waals surface area contributed by atoms with Crippen molar-refractivity contribution in [2.24, 2.45) is 0 Å². The van der Waals surface area contributed by atoms with Gasteiger partial charge < -0.3 is 9.47 Å². The molecule has 0 spiro atoms. The molecule has 1 heterocycles. The molecule has 0 fully saturated rings. The molecule has 0 amide bonds. The monoisotopic (exact) mass is 269 g/mol. The van der Waals surface area contributed by atoms with Gasteiger partial charge in [0, 0.05) is 19.5 Å². The van der Waals surface area contributed by atoms with Gasteiger partial charge in [-0.05, 0) is 17.7 Å². The van der Waals surface area contributed by atoms with Crippen LogP contribution < -0.4 is 0 Å². The number of carbonyl (C=O) groups is 2. The second-order valence-electron chi connectivity index (χ2n) is 3.34. The molecular weight excluding hydrogens is 258 g/mol. The quantitative estimate of drug-likeness (QED) is 0.351. The second kappa shape index (κ2) is 6.88. The summed E-state index contributed by atoms with van der Waals surface area (Å²) in [6.07, 6.45) is 4.30. The van der Waals surface area contributed by atoms with E-state index in [2.05, 4.69) is 9.72 Å². The van der Waals surface area contributed by atoms with Crippen LogP contribution in [0.3, 0.4) is 0 Å². The van der Waals surface area contributed by atoms with E-state index in [1.807, 2.05) is 0 Å². The Morgan fingerprint density at radius 1 is 1.39 bits per heavy atom. The van der Waals surface area contributed by atoms with Gasteiger partial charge in [-0.1, -0.05) is 11.6 Å². The SMILES string of the molecule is COCC(=O)/C(=C\c1cncc(Cl)c1)C(=O)OC. The van der Waals surface area contributed by atoms with Crippen LogP contribution in [0.5, 0.6) is 0 Å². The minimum Gasteiger partial charge on any atom is -0.465 e. The Morgan fingerprint density at radius 3 is 2.67 bits per heavy atom. The lowest BCUT2D eigenvalue weighted by atomic mass is 10.1. The predicted molar refractivity (Wildman–Crippen MR) is 66.1 cm³/mol. The largest absolute Gasteiger partial charge is 0.465 e. The van der Waals surface area contributed by atoms with Crippen molar-refractivity contribution >= 4 is 29.4 Å². The number of nitrogens with zero attached hydrogens (tertiary/aromatic N) is 1. The van der Waals surface area contributed by atoms with E-state index in [1.54, 1.807) is 6.07 Å². The van der Waals surface area contributed by atoms with Crippen molar-refractivity contribution in [1.29, 1.82) is 0 Å². The molecule has 0 radical (unpaired) electrons. The lowest BCUT2D eigenvalue weighted by molar-refractivity contribution is -0.138. The van der Waals surface area contributed by atoms with E-state index < -0.39 is 11.8 Å². The lowest BCUT2D eigenvalue weighted by Gasteiger charge is -2.04. The van der Waals surface area contributed by atoms with Gasteiger partial charge in [0.25, 0.3) is 0 Å². The number of Topliss-reactive ketones (excluding diaryl/α,β-unsaturated/α-hetero) is 1. The highest BCUT2D eigenvalue weighted by Gasteiger charge is 2.18. The number of pyridine rings is 1. The smallest absolute Gasteiger partial charge is 0.341 e. The molecule has 96 valence electrons. The first-order chi connectivity index (χ1) is 8.58.